The van der Waals surface area contributed by atoms with Crippen molar-refractivity contribution in [1.29, 1.82) is 0 Å². The van der Waals surface area contributed by atoms with E-state index in [4.69, 9.17) is 0 Å². The summed E-state index contributed by atoms with van der Waals surface area (Å²) in [5.74, 6) is 0.177. The van der Waals surface area contributed by atoms with Crippen LogP contribution >= 0.6 is 0 Å². The first-order valence-corrected chi connectivity index (χ1v) is 9.79. The molecule has 1 amide bonds. The molecule has 1 N–H and O–H groups in total. The molecule has 2 fully saturated rings. The van der Waals surface area contributed by atoms with Crippen molar-refractivity contribution in [3.8, 4) is 0 Å². The number of aromatic amines is 1. The SMILES string of the molecule is CN(Cc1cc(=O)c2cccc(F)c2[nH]1)C[C@H]1CC(=O)N(C2CCCC2)C1. The molecule has 0 spiro atoms. The minimum atomic E-state index is -0.414. The van der Waals surface area contributed by atoms with Gasteiger partial charge in [0.2, 0.25) is 5.91 Å². The lowest BCUT2D eigenvalue weighted by Gasteiger charge is -2.25. The van der Waals surface area contributed by atoms with Crippen LogP contribution in [0.3, 0.4) is 0 Å². The van der Waals surface area contributed by atoms with E-state index in [0.29, 0.717) is 36.0 Å². The number of hydrogen-bond acceptors (Lipinski definition) is 3. The minimum Gasteiger partial charge on any atom is -0.355 e. The van der Waals surface area contributed by atoms with Gasteiger partial charge in [0.25, 0.3) is 0 Å². The molecule has 1 atom stereocenters. The second-order valence-electron chi connectivity index (χ2n) is 8.07. The minimum absolute atomic E-state index is 0.171. The highest BCUT2D eigenvalue weighted by molar-refractivity contribution is 5.79. The molecule has 4 rings (SSSR count). The van der Waals surface area contributed by atoms with Crippen molar-refractivity contribution in [2.24, 2.45) is 5.92 Å². The first-order valence-electron chi connectivity index (χ1n) is 9.79. The largest absolute Gasteiger partial charge is 0.355 e. The Morgan fingerprint density at radius 3 is 2.81 bits per heavy atom. The molecule has 0 unspecified atom stereocenters. The van der Waals surface area contributed by atoms with Crippen molar-refractivity contribution >= 4 is 16.8 Å². The third-order valence-electron chi connectivity index (χ3n) is 5.88. The molecule has 1 saturated heterocycles. The van der Waals surface area contributed by atoms with Gasteiger partial charge in [0, 0.05) is 49.2 Å². The van der Waals surface area contributed by atoms with E-state index in [-0.39, 0.29) is 16.9 Å². The molecule has 1 aliphatic carbocycles. The number of carbonyl (C=O) groups is 1. The molecule has 6 heteroatoms. The van der Waals surface area contributed by atoms with Crippen LogP contribution in [-0.2, 0) is 11.3 Å². The standard InChI is InChI=1S/C21H26FN3O2/c1-24(11-14-9-20(27)25(12-14)16-5-2-3-6-16)13-15-10-19(26)17-7-4-8-18(22)21(17)23-15/h4,7-8,10,14,16H,2-3,5-6,9,11-13H2,1H3,(H,23,26)/t14-/m1/s1. The summed E-state index contributed by atoms with van der Waals surface area (Å²) in [6.07, 6.45) is 5.33. The first kappa shape index (κ1) is 18.2. The zero-order valence-electron chi connectivity index (χ0n) is 15.7. The summed E-state index contributed by atoms with van der Waals surface area (Å²) in [6, 6.07) is 6.52. The number of hydrogen-bond donors (Lipinski definition) is 1. The van der Waals surface area contributed by atoms with Crippen LogP contribution in [0.15, 0.2) is 29.1 Å². The van der Waals surface area contributed by atoms with E-state index in [2.05, 4.69) is 14.8 Å². The first-order chi connectivity index (χ1) is 13.0. The van der Waals surface area contributed by atoms with Crippen LogP contribution in [0.5, 0.6) is 0 Å². The summed E-state index contributed by atoms with van der Waals surface area (Å²) in [4.78, 5) is 31.9. The summed E-state index contributed by atoms with van der Waals surface area (Å²) in [7, 11) is 1.98. The number of nitrogens with one attached hydrogen (secondary N) is 1. The lowest BCUT2D eigenvalue weighted by atomic mass is 10.1. The van der Waals surface area contributed by atoms with Gasteiger partial charge in [-0.2, -0.15) is 0 Å². The van der Waals surface area contributed by atoms with Crippen LogP contribution in [0.1, 0.15) is 37.8 Å². The van der Waals surface area contributed by atoms with Crippen molar-refractivity contribution in [3.05, 3.63) is 46.0 Å². The van der Waals surface area contributed by atoms with Gasteiger partial charge < -0.3 is 14.8 Å². The highest BCUT2D eigenvalue weighted by Gasteiger charge is 2.35. The second-order valence-corrected chi connectivity index (χ2v) is 8.07. The number of pyridine rings is 1. The van der Waals surface area contributed by atoms with Gasteiger partial charge in [-0.25, -0.2) is 4.39 Å². The number of H-pyrrole nitrogens is 1. The van der Waals surface area contributed by atoms with E-state index in [9.17, 15) is 14.0 Å². The fourth-order valence-corrected chi connectivity index (χ4v) is 4.67. The van der Waals surface area contributed by atoms with Crippen molar-refractivity contribution in [3.63, 3.8) is 0 Å². The van der Waals surface area contributed by atoms with Gasteiger partial charge in [-0.3, -0.25) is 9.59 Å². The Hall–Kier alpha value is -2.21. The molecule has 2 aromatic rings. The summed E-state index contributed by atoms with van der Waals surface area (Å²) in [5.41, 5.74) is 0.782. The summed E-state index contributed by atoms with van der Waals surface area (Å²) >= 11 is 0. The topological polar surface area (TPSA) is 56.4 Å². The van der Waals surface area contributed by atoms with E-state index >= 15 is 0 Å². The van der Waals surface area contributed by atoms with Crippen molar-refractivity contribution in [2.75, 3.05) is 20.1 Å². The quantitative estimate of drug-likeness (QED) is 0.879. The number of amides is 1. The molecule has 2 heterocycles. The predicted molar refractivity (Wildman–Crippen MR) is 103 cm³/mol. The van der Waals surface area contributed by atoms with Crippen LogP contribution in [0.25, 0.3) is 10.9 Å². The molecular weight excluding hydrogens is 345 g/mol. The number of likely N-dealkylation sites (tertiary alicyclic amines) is 1. The number of benzene rings is 1. The van der Waals surface area contributed by atoms with Crippen molar-refractivity contribution < 1.29 is 9.18 Å². The fourth-order valence-electron chi connectivity index (χ4n) is 4.67. The number of nitrogens with zero attached hydrogens (tertiary/aromatic N) is 2. The highest BCUT2D eigenvalue weighted by Crippen LogP contribution is 2.29. The van der Waals surface area contributed by atoms with E-state index in [1.165, 1.54) is 18.9 Å². The second kappa shape index (κ2) is 7.43. The Balaban J connectivity index is 1.42. The van der Waals surface area contributed by atoms with E-state index in [1.807, 2.05) is 7.05 Å². The van der Waals surface area contributed by atoms with Gasteiger partial charge in [0.15, 0.2) is 5.43 Å². The molecule has 1 aliphatic heterocycles. The van der Waals surface area contributed by atoms with E-state index in [1.54, 1.807) is 18.2 Å². The maximum atomic E-state index is 14.0. The van der Waals surface area contributed by atoms with Gasteiger partial charge in [-0.05, 0) is 37.9 Å². The molecule has 27 heavy (non-hydrogen) atoms. The molecule has 5 nitrogen and oxygen atoms in total. The number of halogens is 1. The number of fused-ring (bicyclic) bond motifs is 1. The van der Waals surface area contributed by atoms with E-state index < -0.39 is 5.82 Å². The molecule has 2 aliphatic rings. The number of aromatic nitrogens is 1. The molecule has 144 valence electrons. The zero-order chi connectivity index (χ0) is 19.0. The molecule has 0 bridgehead atoms. The molecule has 1 aromatic heterocycles. The molecule has 1 aromatic carbocycles. The van der Waals surface area contributed by atoms with Gasteiger partial charge >= 0.3 is 0 Å². The van der Waals surface area contributed by atoms with E-state index in [0.717, 1.165) is 25.9 Å². The Morgan fingerprint density at radius 1 is 1.26 bits per heavy atom. The highest BCUT2D eigenvalue weighted by atomic mass is 19.1. The van der Waals surface area contributed by atoms with Gasteiger partial charge in [-0.1, -0.05) is 18.9 Å². The van der Waals surface area contributed by atoms with Crippen molar-refractivity contribution in [1.82, 2.24) is 14.8 Å². The third kappa shape index (κ3) is 3.76. The number of carbonyl (C=O) groups excluding carboxylic acids is 1. The third-order valence-corrected chi connectivity index (χ3v) is 5.88. The monoisotopic (exact) mass is 371 g/mol. The normalized spacial score (nSPS) is 21.1. The van der Waals surface area contributed by atoms with Crippen LogP contribution in [0.4, 0.5) is 4.39 Å². The van der Waals surface area contributed by atoms with Crippen molar-refractivity contribution in [2.45, 2.75) is 44.7 Å². The Morgan fingerprint density at radius 2 is 2.04 bits per heavy atom. The molecule has 1 saturated carbocycles. The number of para-hydroxylation sites is 1. The van der Waals surface area contributed by atoms with Crippen LogP contribution in [0.2, 0.25) is 0 Å². The average Bonchev–Trinajstić information content (AvgIpc) is 3.25. The summed E-state index contributed by atoms with van der Waals surface area (Å²) < 4.78 is 14.0. The van der Waals surface area contributed by atoms with Crippen LogP contribution in [-0.4, -0.2) is 46.9 Å². The van der Waals surface area contributed by atoms with Gasteiger partial charge in [-0.15, -0.1) is 0 Å². The van der Waals surface area contributed by atoms with Gasteiger partial charge in [0.05, 0.1) is 5.52 Å². The predicted octanol–water partition coefficient (Wildman–Crippen LogP) is 2.89. The Bertz CT molecular complexity index is 904. The Labute approximate surface area is 158 Å². The fraction of sp³-hybridized carbons (Fsp3) is 0.524. The average molecular weight is 371 g/mol. The summed E-state index contributed by atoms with van der Waals surface area (Å²) in [6.45, 7) is 2.14. The maximum Gasteiger partial charge on any atom is 0.223 e. The van der Waals surface area contributed by atoms with Gasteiger partial charge in [0.1, 0.15) is 5.82 Å². The number of rotatable bonds is 5. The lowest BCUT2D eigenvalue weighted by Crippen LogP contribution is -2.35. The smallest absolute Gasteiger partial charge is 0.223 e. The molecule has 0 radical (unpaired) electrons. The zero-order valence-corrected chi connectivity index (χ0v) is 15.7. The maximum absolute atomic E-state index is 14.0. The van der Waals surface area contributed by atoms with Crippen LogP contribution < -0.4 is 5.43 Å². The Kier molecular flexibility index (Phi) is 5.00. The van der Waals surface area contributed by atoms with Crippen LogP contribution in [0, 0.1) is 11.7 Å². The molecular formula is C21H26FN3O2. The lowest BCUT2D eigenvalue weighted by molar-refractivity contribution is -0.129. The summed E-state index contributed by atoms with van der Waals surface area (Å²) in [5, 5.41) is 0.370.